The molecule has 114 valence electrons. The second-order valence-electron chi connectivity index (χ2n) is 6.63. The summed E-state index contributed by atoms with van der Waals surface area (Å²) >= 11 is 0. The molecule has 1 saturated heterocycles. The molecule has 5 nitrogen and oxygen atoms in total. The number of likely N-dealkylation sites (N-methyl/N-ethyl adjacent to an activating group) is 1. The molecule has 2 aliphatic rings. The van der Waals surface area contributed by atoms with Crippen LogP contribution in [-0.2, 0) is 9.84 Å². The Morgan fingerprint density at radius 1 is 1.40 bits per heavy atom. The van der Waals surface area contributed by atoms with E-state index in [0.717, 1.165) is 12.8 Å². The van der Waals surface area contributed by atoms with Crippen molar-refractivity contribution in [2.75, 3.05) is 25.1 Å². The van der Waals surface area contributed by atoms with Gasteiger partial charge in [0.15, 0.2) is 9.84 Å². The van der Waals surface area contributed by atoms with E-state index in [0.29, 0.717) is 18.9 Å². The molecule has 2 unspecified atom stereocenters. The van der Waals surface area contributed by atoms with Crippen LogP contribution in [0.4, 0.5) is 0 Å². The molecule has 20 heavy (non-hydrogen) atoms. The molecule has 1 heterocycles. The van der Waals surface area contributed by atoms with E-state index in [4.69, 9.17) is 0 Å². The Morgan fingerprint density at radius 3 is 2.45 bits per heavy atom. The fourth-order valence-corrected chi connectivity index (χ4v) is 4.99. The highest BCUT2D eigenvalue weighted by molar-refractivity contribution is 7.91. The van der Waals surface area contributed by atoms with Gasteiger partial charge < -0.3 is 0 Å². The Balaban J connectivity index is 2.06. The van der Waals surface area contributed by atoms with E-state index in [-0.39, 0.29) is 23.6 Å². The lowest BCUT2D eigenvalue weighted by molar-refractivity contribution is 0.181. The van der Waals surface area contributed by atoms with E-state index >= 15 is 0 Å². The van der Waals surface area contributed by atoms with E-state index in [1.54, 1.807) is 0 Å². The highest BCUT2D eigenvalue weighted by Crippen LogP contribution is 2.40. The van der Waals surface area contributed by atoms with Crippen LogP contribution in [0.3, 0.4) is 0 Å². The fourth-order valence-electron chi connectivity index (χ4n) is 3.19. The molecule has 0 spiro atoms. The molecule has 6 heteroatoms. The van der Waals surface area contributed by atoms with Crippen LogP contribution in [0.1, 0.15) is 33.1 Å². The van der Waals surface area contributed by atoms with Crippen molar-refractivity contribution < 1.29 is 8.42 Å². The number of sulfone groups is 1. The second-order valence-corrected chi connectivity index (χ2v) is 8.86. The molecule has 2 rings (SSSR count). The number of nitrogens with zero attached hydrogens (tertiary/aromatic N) is 2. The molecule has 1 N–H and O–H groups in total. The molecule has 0 radical (unpaired) electrons. The largest absolute Gasteiger partial charge is 0.299 e. The summed E-state index contributed by atoms with van der Waals surface area (Å²) in [6.45, 7) is 4.70. The van der Waals surface area contributed by atoms with Crippen molar-refractivity contribution in [2.24, 2.45) is 5.92 Å². The number of nitrogens with one attached hydrogen (secondary N) is 1. The number of hydrogen-bond donors (Lipinski definition) is 1. The van der Waals surface area contributed by atoms with Gasteiger partial charge in [-0.05, 0) is 46.1 Å². The molecule has 1 saturated carbocycles. The van der Waals surface area contributed by atoms with Gasteiger partial charge in [0.2, 0.25) is 0 Å². The Hall–Kier alpha value is -0.640. The summed E-state index contributed by atoms with van der Waals surface area (Å²) in [5.41, 5.74) is -0.532. The van der Waals surface area contributed by atoms with Crippen molar-refractivity contribution in [3.8, 4) is 6.07 Å². The van der Waals surface area contributed by atoms with Crippen molar-refractivity contribution in [3.05, 3.63) is 0 Å². The minimum atomic E-state index is -2.88. The zero-order valence-electron chi connectivity index (χ0n) is 12.6. The summed E-state index contributed by atoms with van der Waals surface area (Å²) in [5, 5.41) is 13.1. The van der Waals surface area contributed by atoms with E-state index in [2.05, 4.69) is 30.1 Å². The third-order valence-electron chi connectivity index (χ3n) is 4.35. The topological polar surface area (TPSA) is 73.2 Å². The summed E-state index contributed by atoms with van der Waals surface area (Å²) in [6, 6.07) is 2.78. The summed E-state index contributed by atoms with van der Waals surface area (Å²) in [5.74, 6) is 0.912. The van der Waals surface area contributed by atoms with Gasteiger partial charge in [0.25, 0.3) is 0 Å². The number of rotatable bonds is 6. The average Bonchev–Trinajstić information content (AvgIpc) is 3.12. The predicted octanol–water partition coefficient (Wildman–Crippen LogP) is 0.776. The summed E-state index contributed by atoms with van der Waals surface area (Å²) in [7, 11) is -0.929. The SMILES string of the molecule is CC(C)NC(C#N)(CN(C)C1CCS(=O)(=O)C1)C1CC1. The second kappa shape index (κ2) is 5.63. The molecule has 1 aliphatic heterocycles. The maximum absolute atomic E-state index is 11.6. The van der Waals surface area contributed by atoms with Gasteiger partial charge in [0.1, 0.15) is 5.54 Å². The molecule has 0 aromatic rings. The van der Waals surface area contributed by atoms with Crippen LogP contribution in [-0.4, -0.2) is 56.0 Å². The quantitative estimate of drug-likeness (QED) is 0.784. The third-order valence-corrected chi connectivity index (χ3v) is 6.10. The van der Waals surface area contributed by atoms with Gasteiger partial charge in [0, 0.05) is 18.6 Å². The highest BCUT2D eigenvalue weighted by Gasteiger charge is 2.47. The maximum Gasteiger partial charge on any atom is 0.151 e. The van der Waals surface area contributed by atoms with E-state index < -0.39 is 15.4 Å². The van der Waals surface area contributed by atoms with Crippen LogP contribution in [0.5, 0.6) is 0 Å². The Morgan fingerprint density at radius 2 is 2.05 bits per heavy atom. The van der Waals surface area contributed by atoms with Gasteiger partial charge >= 0.3 is 0 Å². The standard InChI is InChI=1S/C14H25N3O2S/c1-11(2)16-14(9-15,12-4-5-12)10-17(3)13-6-7-20(18,19)8-13/h11-13,16H,4-8,10H2,1-3H3. The molecule has 2 fully saturated rings. The molecular weight excluding hydrogens is 274 g/mol. The van der Waals surface area contributed by atoms with Crippen LogP contribution in [0.25, 0.3) is 0 Å². The van der Waals surface area contributed by atoms with E-state index in [1.807, 2.05) is 7.05 Å². The van der Waals surface area contributed by atoms with Gasteiger partial charge in [0.05, 0.1) is 17.6 Å². The lowest BCUT2D eigenvalue weighted by Crippen LogP contribution is -2.57. The van der Waals surface area contributed by atoms with Crippen LogP contribution >= 0.6 is 0 Å². The van der Waals surface area contributed by atoms with Crippen molar-refractivity contribution in [3.63, 3.8) is 0 Å². The Bertz CT molecular complexity index is 493. The van der Waals surface area contributed by atoms with Crippen molar-refractivity contribution >= 4 is 9.84 Å². The van der Waals surface area contributed by atoms with Gasteiger partial charge in [-0.25, -0.2) is 8.42 Å². The first-order valence-corrected chi connectivity index (χ1v) is 9.20. The average molecular weight is 299 g/mol. The Kier molecular flexibility index (Phi) is 4.43. The van der Waals surface area contributed by atoms with E-state index in [9.17, 15) is 13.7 Å². The van der Waals surface area contributed by atoms with Gasteiger partial charge in [-0.1, -0.05) is 0 Å². The minimum absolute atomic E-state index is 0.0560. The van der Waals surface area contributed by atoms with Crippen LogP contribution in [0.15, 0.2) is 0 Å². The van der Waals surface area contributed by atoms with Gasteiger partial charge in [-0.2, -0.15) is 5.26 Å². The minimum Gasteiger partial charge on any atom is -0.299 e. The summed E-state index contributed by atoms with van der Waals surface area (Å²) in [4.78, 5) is 2.07. The number of nitriles is 1. The van der Waals surface area contributed by atoms with Crippen LogP contribution in [0, 0.1) is 17.2 Å². The lowest BCUT2D eigenvalue weighted by atomic mass is 9.92. The molecule has 0 aromatic heterocycles. The third kappa shape index (κ3) is 3.51. The zero-order valence-corrected chi connectivity index (χ0v) is 13.4. The molecule has 2 atom stereocenters. The monoisotopic (exact) mass is 299 g/mol. The van der Waals surface area contributed by atoms with Crippen molar-refractivity contribution in [2.45, 2.75) is 50.7 Å². The van der Waals surface area contributed by atoms with Gasteiger partial charge in [-0.3, -0.25) is 10.2 Å². The molecule has 0 amide bonds. The normalized spacial score (nSPS) is 28.5. The van der Waals surface area contributed by atoms with Crippen LogP contribution < -0.4 is 5.32 Å². The maximum atomic E-state index is 11.6. The molecular formula is C14H25N3O2S. The highest BCUT2D eigenvalue weighted by atomic mass is 32.2. The van der Waals surface area contributed by atoms with Crippen molar-refractivity contribution in [1.29, 1.82) is 5.26 Å². The fraction of sp³-hybridized carbons (Fsp3) is 0.929. The summed E-state index contributed by atoms with van der Waals surface area (Å²) < 4.78 is 23.2. The number of hydrogen-bond acceptors (Lipinski definition) is 5. The Labute approximate surface area is 122 Å². The first-order chi connectivity index (χ1) is 9.28. The van der Waals surface area contributed by atoms with E-state index in [1.165, 1.54) is 0 Å². The predicted molar refractivity (Wildman–Crippen MR) is 79.0 cm³/mol. The zero-order chi connectivity index (χ0) is 15.0. The first-order valence-electron chi connectivity index (χ1n) is 7.37. The first kappa shape index (κ1) is 15.7. The molecule has 1 aliphatic carbocycles. The van der Waals surface area contributed by atoms with Crippen LogP contribution in [0.2, 0.25) is 0 Å². The molecule has 0 bridgehead atoms. The lowest BCUT2D eigenvalue weighted by Gasteiger charge is -2.36. The van der Waals surface area contributed by atoms with Gasteiger partial charge in [-0.15, -0.1) is 0 Å². The van der Waals surface area contributed by atoms with Crippen molar-refractivity contribution in [1.82, 2.24) is 10.2 Å². The molecule has 0 aromatic carbocycles. The summed E-state index contributed by atoms with van der Waals surface area (Å²) in [6.07, 6.45) is 2.86. The smallest absolute Gasteiger partial charge is 0.151 e.